The maximum atomic E-state index is 4.57. The summed E-state index contributed by atoms with van der Waals surface area (Å²) >= 11 is 0. The van der Waals surface area contributed by atoms with Crippen molar-refractivity contribution < 1.29 is 0 Å². The zero-order chi connectivity index (χ0) is 11.7. The molecule has 2 aromatic rings. The van der Waals surface area contributed by atoms with E-state index >= 15 is 0 Å². The summed E-state index contributed by atoms with van der Waals surface area (Å²) in [5.41, 5.74) is 4.90. The average molecular weight is 214 g/mol. The fourth-order valence-corrected chi connectivity index (χ4v) is 1.66. The lowest BCUT2D eigenvalue weighted by atomic mass is 10.1. The van der Waals surface area contributed by atoms with E-state index in [-0.39, 0.29) is 0 Å². The molecule has 1 heterocycles. The molecule has 0 aliphatic carbocycles. The molecule has 0 saturated carbocycles. The van der Waals surface area contributed by atoms with Crippen LogP contribution in [0.2, 0.25) is 0 Å². The first kappa shape index (κ1) is 10.9. The zero-order valence-electron chi connectivity index (χ0n) is 10.4. The first-order chi connectivity index (χ1) is 7.58. The van der Waals surface area contributed by atoms with Gasteiger partial charge in [0, 0.05) is 6.20 Å². The SMILES string of the molecule is Cc1ccc(-n2ccc(C(C)C)n2)cc1C. The molecule has 2 nitrogen and oxygen atoms in total. The molecule has 0 aliphatic rings. The minimum atomic E-state index is 0.479. The maximum absolute atomic E-state index is 4.57. The predicted molar refractivity (Wildman–Crippen MR) is 67.1 cm³/mol. The van der Waals surface area contributed by atoms with Crippen LogP contribution in [0, 0.1) is 13.8 Å². The van der Waals surface area contributed by atoms with Crippen molar-refractivity contribution in [1.29, 1.82) is 0 Å². The van der Waals surface area contributed by atoms with Gasteiger partial charge in [-0.15, -0.1) is 0 Å². The van der Waals surface area contributed by atoms with Crippen molar-refractivity contribution in [3.8, 4) is 5.69 Å². The van der Waals surface area contributed by atoms with E-state index in [1.165, 1.54) is 11.1 Å². The molecule has 0 radical (unpaired) electrons. The van der Waals surface area contributed by atoms with E-state index < -0.39 is 0 Å². The number of aromatic nitrogens is 2. The van der Waals surface area contributed by atoms with Crippen molar-refractivity contribution in [2.45, 2.75) is 33.6 Å². The number of hydrogen-bond acceptors (Lipinski definition) is 1. The molecular weight excluding hydrogens is 196 g/mol. The van der Waals surface area contributed by atoms with E-state index in [9.17, 15) is 0 Å². The van der Waals surface area contributed by atoms with E-state index in [1.54, 1.807) is 0 Å². The first-order valence-electron chi connectivity index (χ1n) is 5.71. The lowest BCUT2D eigenvalue weighted by molar-refractivity contribution is 0.768. The molecule has 84 valence electrons. The third kappa shape index (κ3) is 2.01. The van der Waals surface area contributed by atoms with E-state index in [2.05, 4.69) is 57.1 Å². The predicted octanol–water partition coefficient (Wildman–Crippen LogP) is 3.61. The summed E-state index contributed by atoms with van der Waals surface area (Å²) in [6, 6.07) is 8.51. The summed E-state index contributed by atoms with van der Waals surface area (Å²) in [7, 11) is 0. The summed E-state index contributed by atoms with van der Waals surface area (Å²) in [4.78, 5) is 0. The van der Waals surface area contributed by atoms with Gasteiger partial charge in [-0.05, 0) is 49.1 Å². The summed E-state index contributed by atoms with van der Waals surface area (Å²) in [5, 5.41) is 4.57. The number of benzene rings is 1. The van der Waals surface area contributed by atoms with Gasteiger partial charge in [-0.1, -0.05) is 19.9 Å². The molecular formula is C14H18N2. The lowest BCUT2D eigenvalue weighted by Gasteiger charge is -2.05. The number of rotatable bonds is 2. The minimum Gasteiger partial charge on any atom is -0.241 e. The van der Waals surface area contributed by atoms with Crippen molar-refractivity contribution in [3.63, 3.8) is 0 Å². The second-order valence-corrected chi connectivity index (χ2v) is 4.61. The number of hydrogen-bond donors (Lipinski definition) is 0. The Morgan fingerprint density at radius 2 is 1.81 bits per heavy atom. The van der Waals surface area contributed by atoms with Crippen molar-refractivity contribution in [3.05, 3.63) is 47.3 Å². The Labute approximate surface area is 96.9 Å². The van der Waals surface area contributed by atoms with Crippen LogP contribution in [-0.2, 0) is 0 Å². The number of aryl methyl sites for hydroxylation is 2. The lowest BCUT2D eigenvalue weighted by Crippen LogP contribution is -1.98. The van der Waals surface area contributed by atoms with Crippen LogP contribution in [0.15, 0.2) is 30.5 Å². The normalized spacial score (nSPS) is 11.1. The third-order valence-electron chi connectivity index (χ3n) is 2.96. The van der Waals surface area contributed by atoms with E-state index in [0.29, 0.717) is 5.92 Å². The first-order valence-corrected chi connectivity index (χ1v) is 5.71. The molecule has 0 fully saturated rings. The Balaban J connectivity index is 2.39. The van der Waals surface area contributed by atoms with E-state index in [4.69, 9.17) is 0 Å². The smallest absolute Gasteiger partial charge is 0.0654 e. The van der Waals surface area contributed by atoms with Crippen LogP contribution in [0.1, 0.15) is 36.6 Å². The summed E-state index contributed by atoms with van der Waals surface area (Å²) in [6.45, 7) is 8.58. The molecule has 0 aliphatic heterocycles. The maximum Gasteiger partial charge on any atom is 0.0654 e. The van der Waals surface area contributed by atoms with Gasteiger partial charge >= 0.3 is 0 Å². The van der Waals surface area contributed by atoms with Gasteiger partial charge in [0.2, 0.25) is 0 Å². The molecule has 16 heavy (non-hydrogen) atoms. The van der Waals surface area contributed by atoms with Gasteiger partial charge < -0.3 is 0 Å². The van der Waals surface area contributed by atoms with Gasteiger partial charge in [0.25, 0.3) is 0 Å². The highest BCUT2D eigenvalue weighted by molar-refractivity contribution is 5.39. The Hall–Kier alpha value is -1.57. The van der Waals surface area contributed by atoms with E-state index in [1.807, 2.05) is 10.9 Å². The molecule has 0 bridgehead atoms. The van der Waals surface area contributed by atoms with Gasteiger partial charge in [-0.3, -0.25) is 0 Å². The van der Waals surface area contributed by atoms with Crippen molar-refractivity contribution >= 4 is 0 Å². The molecule has 0 unspecified atom stereocenters. The molecule has 0 atom stereocenters. The van der Waals surface area contributed by atoms with Crippen molar-refractivity contribution in [2.24, 2.45) is 0 Å². The quantitative estimate of drug-likeness (QED) is 0.746. The van der Waals surface area contributed by atoms with Crippen LogP contribution < -0.4 is 0 Å². The molecule has 0 spiro atoms. The highest BCUT2D eigenvalue weighted by atomic mass is 15.3. The average Bonchev–Trinajstić information content (AvgIpc) is 2.71. The highest BCUT2D eigenvalue weighted by Gasteiger charge is 2.05. The molecule has 1 aromatic carbocycles. The van der Waals surface area contributed by atoms with Crippen LogP contribution in [0.3, 0.4) is 0 Å². The molecule has 0 amide bonds. The van der Waals surface area contributed by atoms with Crippen LogP contribution >= 0.6 is 0 Å². The fourth-order valence-electron chi connectivity index (χ4n) is 1.66. The Kier molecular flexibility index (Phi) is 2.82. The van der Waals surface area contributed by atoms with Gasteiger partial charge in [0.1, 0.15) is 0 Å². The third-order valence-corrected chi connectivity index (χ3v) is 2.96. The second kappa shape index (κ2) is 4.12. The second-order valence-electron chi connectivity index (χ2n) is 4.61. The molecule has 0 N–H and O–H groups in total. The van der Waals surface area contributed by atoms with Gasteiger partial charge in [-0.25, -0.2) is 4.68 Å². The van der Waals surface area contributed by atoms with Crippen LogP contribution in [-0.4, -0.2) is 9.78 Å². The fraction of sp³-hybridized carbons (Fsp3) is 0.357. The summed E-state index contributed by atoms with van der Waals surface area (Å²) in [5.74, 6) is 0.479. The van der Waals surface area contributed by atoms with Crippen molar-refractivity contribution in [2.75, 3.05) is 0 Å². The molecule has 0 saturated heterocycles. The van der Waals surface area contributed by atoms with Gasteiger partial charge in [-0.2, -0.15) is 5.10 Å². The standard InChI is InChI=1S/C14H18N2/c1-10(2)14-7-8-16(15-14)13-6-5-11(3)12(4)9-13/h5-10H,1-4H3. The Morgan fingerprint density at radius 1 is 1.06 bits per heavy atom. The Morgan fingerprint density at radius 3 is 2.38 bits per heavy atom. The van der Waals surface area contributed by atoms with Gasteiger partial charge in [0.05, 0.1) is 11.4 Å². The largest absolute Gasteiger partial charge is 0.241 e. The van der Waals surface area contributed by atoms with Crippen LogP contribution in [0.25, 0.3) is 5.69 Å². The minimum absolute atomic E-state index is 0.479. The summed E-state index contributed by atoms with van der Waals surface area (Å²) in [6.07, 6.45) is 2.03. The zero-order valence-corrected chi connectivity index (χ0v) is 10.4. The number of nitrogens with zero attached hydrogens (tertiary/aromatic N) is 2. The van der Waals surface area contributed by atoms with Crippen LogP contribution in [0.4, 0.5) is 0 Å². The Bertz CT molecular complexity index is 495. The molecule has 2 rings (SSSR count). The summed E-state index contributed by atoms with van der Waals surface area (Å²) < 4.78 is 1.95. The van der Waals surface area contributed by atoms with Gasteiger partial charge in [0.15, 0.2) is 0 Å². The topological polar surface area (TPSA) is 17.8 Å². The van der Waals surface area contributed by atoms with E-state index in [0.717, 1.165) is 11.4 Å². The molecule has 2 heteroatoms. The highest BCUT2D eigenvalue weighted by Crippen LogP contribution is 2.16. The molecule has 1 aromatic heterocycles. The van der Waals surface area contributed by atoms with Crippen LogP contribution in [0.5, 0.6) is 0 Å². The van der Waals surface area contributed by atoms with Crippen molar-refractivity contribution in [1.82, 2.24) is 9.78 Å². The monoisotopic (exact) mass is 214 g/mol.